The molecule has 0 spiro atoms. The summed E-state index contributed by atoms with van der Waals surface area (Å²) in [5, 5.41) is 11.0. The molecule has 1 amide bonds. The largest absolute Gasteiger partial charge is 0.481 e. The first-order valence-corrected chi connectivity index (χ1v) is 4.96. The number of hydrogen-bond donors (Lipinski definition) is 2. The summed E-state index contributed by atoms with van der Waals surface area (Å²) in [5.74, 6) is -0.974. The Labute approximate surface area is 94.9 Å². The first kappa shape index (κ1) is 14.7. The molecule has 0 rings (SSSR count). The number of ether oxygens (including phenoxy) is 2. The van der Waals surface area contributed by atoms with Crippen molar-refractivity contribution in [2.75, 3.05) is 13.7 Å². The van der Waals surface area contributed by atoms with E-state index >= 15 is 0 Å². The van der Waals surface area contributed by atoms with Gasteiger partial charge in [-0.3, -0.25) is 4.79 Å². The molecule has 16 heavy (non-hydrogen) atoms. The van der Waals surface area contributed by atoms with E-state index < -0.39 is 23.8 Å². The molecule has 0 aliphatic rings. The molecule has 0 aliphatic carbocycles. The molecule has 0 aromatic rings. The molecule has 6 nitrogen and oxygen atoms in total. The first-order valence-electron chi connectivity index (χ1n) is 4.96. The van der Waals surface area contributed by atoms with Crippen molar-refractivity contribution in [1.29, 1.82) is 0 Å². The lowest BCUT2D eigenvalue weighted by Crippen LogP contribution is -2.38. The third-order valence-electron chi connectivity index (χ3n) is 1.61. The van der Waals surface area contributed by atoms with Crippen molar-refractivity contribution < 1.29 is 24.2 Å². The van der Waals surface area contributed by atoms with E-state index in [2.05, 4.69) is 5.32 Å². The minimum Gasteiger partial charge on any atom is -0.481 e. The smallest absolute Gasteiger partial charge is 0.407 e. The van der Waals surface area contributed by atoms with E-state index in [1.54, 1.807) is 20.8 Å². The standard InChI is InChI=1S/C10H19NO5/c1-10(2,3)16-9(14)11-6-7(15-4)5-8(12)13/h7H,5-6H2,1-4H3,(H,11,14)(H,12,13)/t7-/m0/s1. The zero-order chi connectivity index (χ0) is 12.8. The molecule has 0 unspecified atom stereocenters. The predicted molar refractivity (Wildman–Crippen MR) is 57.3 cm³/mol. The van der Waals surface area contributed by atoms with Gasteiger partial charge in [-0.05, 0) is 20.8 Å². The highest BCUT2D eigenvalue weighted by atomic mass is 16.6. The fraction of sp³-hybridized carbons (Fsp3) is 0.800. The van der Waals surface area contributed by atoms with Crippen molar-refractivity contribution in [2.24, 2.45) is 0 Å². The molecule has 0 saturated carbocycles. The summed E-state index contributed by atoms with van der Waals surface area (Å²) in [6.07, 6.45) is -1.29. The average Bonchev–Trinajstić information content (AvgIpc) is 2.08. The topological polar surface area (TPSA) is 84.9 Å². The molecule has 6 heteroatoms. The number of methoxy groups -OCH3 is 1. The van der Waals surface area contributed by atoms with Crippen LogP contribution in [-0.4, -0.2) is 42.5 Å². The molecular formula is C10H19NO5. The van der Waals surface area contributed by atoms with Gasteiger partial charge in [-0.15, -0.1) is 0 Å². The summed E-state index contributed by atoms with van der Waals surface area (Å²) in [5.41, 5.74) is -0.570. The normalized spacial score (nSPS) is 13.0. The van der Waals surface area contributed by atoms with E-state index in [0.29, 0.717) is 0 Å². The van der Waals surface area contributed by atoms with Gasteiger partial charge in [-0.2, -0.15) is 0 Å². The van der Waals surface area contributed by atoms with Crippen LogP contribution in [0.3, 0.4) is 0 Å². The SMILES string of the molecule is CO[C@H](CNC(=O)OC(C)(C)C)CC(=O)O. The summed E-state index contributed by atoms with van der Waals surface area (Å²) in [6, 6.07) is 0. The van der Waals surface area contributed by atoms with Gasteiger partial charge < -0.3 is 19.9 Å². The van der Waals surface area contributed by atoms with Crippen molar-refractivity contribution in [3.05, 3.63) is 0 Å². The summed E-state index contributed by atoms with van der Waals surface area (Å²) in [4.78, 5) is 21.6. The molecule has 1 atom stereocenters. The Morgan fingerprint density at radius 1 is 1.38 bits per heavy atom. The van der Waals surface area contributed by atoms with Crippen LogP contribution in [0.25, 0.3) is 0 Å². The van der Waals surface area contributed by atoms with Crippen LogP contribution in [0.4, 0.5) is 4.79 Å². The van der Waals surface area contributed by atoms with Crippen molar-refractivity contribution in [3.63, 3.8) is 0 Å². The molecule has 0 radical (unpaired) electrons. The first-order chi connectivity index (χ1) is 7.24. The molecule has 0 saturated heterocycles. The number of hydrogen-bond acceptors (Lipinski definition) is 4. The Morgan fingerprint density at radius 2 is 1.94 bits per heavy atom. The summed E-state index contributed by atoms with van der Waals surface area (Å²) in [7, 11) is 1.39. The Bertz CT molecular complexity index is 246. The lowest BCUT2D eigenvalue weighted by molar-refractivity contribution is -0.139. The second kappa shape index (κ2) is 6.32. The van der Waals surface area contributed by atoms with E-state index in [4.69, 9.17) is 14.6 Å². The van der Waals surface area contributed by atoms with Crippen LogP contribution in [0, 0.1) is 0 Å². The maximum Gasteiger partial charge on any atom is 0.407 e. The van der Waals surface area contributed by atoms with Crippen LogP contribution in [0.1, 0.15) is 27.2 Å². The van der Waals surface area contributed by atoms with Crippen LogP contribution in [0.2, 0.25) is 0 Å². The summed E-state index contributed by atoms with van der Waals surface area (Å²) < 4.78 is 9.88. The van der Waals surface area contributed by atoms with Gasteiger partial charge in [0.25, 0.3) is 0 Å². The van der Waals surface area contributed by atoms with E-state index in [0.717, 1.165) is 0 Å². The third kappa shape index (κ3) is 8.05. The van der Waals surface area contributed by atoms with E-state index in [-0.39, 0.29) is 13.0 Å². The van der Waals surface area contributed by atoms with Gasteiger partial charge in [-0.1, -0.05) is 0 Å². The third-order valence-corrected chi connectivity index (χ3v) is 1.61. The number of carbonyl (C=O) groups is 2. The lowest BCUT2D eigenvalue weighted by Gasteiger charge is -2.21. The Balaban J connectivity index is 3.93. The Hall–Kier alpha value is -1.30. The Kier molecular flexibility index (Phi) is 5.81. The summed E-state index contributed by atoms with van der Waals surface area (Å²) >= 11 is 0. The molecule has 0 bridgehead atoms. The van der Waals surface area contributed by atoms with Gasteiger partial charge in [-0.25, -0.2) is 4.79 Å². The highest BCUT2D eigenvalue weighted by Gasteiger charge is 2.18. The van der Waals surface area contributed by atoms with Gasteiger partial charge in [0.2, 0.25) is 0 Å². The number of aliphatic carboxylic acids is 1. The molecule has 0 aromatic carbocycles. The predicted octanol–water partition coefficient (Wildman–Crippen LogP) is 1.00. The second-order valence-electron chi connectivity index (χ2n) is 4.34. The fourth-order valence-electron chi connectivity index (χ4n) is 0.945. The number of carboxylic acids is 1. The zero-order valence-corrected chi connectivity index (χ0v) is 10.1. The Morgan fingerprint density at radius 3 is 2.31 bits per heavy atom. The number of nitrogens with one attached hydrogen (secondary N) is 1. The van der Waals surface area contributed by atoms with Crippen molar-refractivity contribution in [2.45, 2.75) is 38.9 Å². The lowest BCUT2D eigenvalue weighted by atomic mass is 10.2. The van der Waals surface area contributed by atoms with Gasteiger partial charge >= 0.3 is 12.1 Å². The number of carboxylic acid groups (broad SMARTS) is 1. The van der Waals surface area contributed by atoms with Crippen molar-refractivity contribution >= 4 is 12.1 Å². The van der Waals surface area contributed by atoms with Crippen LogP contribution in [0.5, 0.6) is 0 Å². The minimum atomic E-state index is -0.974. The van der Waals surface area contributed by atoms with Crippen LogP contribution >= 0.6 is 0 Å². The monoisotopic (exact) mass is 233 g/mol. The van der Waals surface area contributed by atoms with E-state index in [1.165, 1.54) is 7.11 Å². The zero-order valence-electron chi connectivity index (χ0n) is 10.1. The number of amides is 1. The fourth-order valence-corrected chi connectivity index (χ4v) is 0.945. The van der Waals surface area contributed by atoms with Crippen molar-refractivity contribution in [3.8, 4) is 0 Å². The molecule has 94 valence electrons. The maximum absolute atomic E-state index is 11.2. The van der Waals surface area contributed by atoms with Gasteiger partial charge in [0.15, 0.2) is 0 Å². The highest BCUT2D eigenvalue weighted by molar-refractivity contribution is 5.69. The molecule has 0 aromatic heterocycles. The van der Waals surface area contributed by atoms with Gasteiger partial charge in [0, 0.05) is 13.7 Å². The number of carbonyl (C=O) groups excluding carboxylic acids is 1. The van der Waals surface area contributed by atoms with Crippen molar-refractivity contribution in [1.82, 2.24) is 5.32 Å². The number of alkyl carbamates (subject to hydrolysis) is 1. The molecule has 0 aliphatic heterocycles. The van der Waals surface area contributed by atoms with Gasteiger partial charge in [0.1, 0.15) is 5.60 Å². The quantitative estimate of drug-likeness (QED) is 0.740. The van der Waals surface area contributed by atoms with Gasteiger partial charge in [0.05, 0.1) is 12.5 Å². The molecular weight excluding hydrogens is 214 g/mol. The second-order valence-corrected chi connectivity index (χ2v) is 4.34. The van der Waals surface area contributed by atoms with Crippen LogP contribution in [0.15, 0.2) is 0 Å². The summed E-state index contributed by atoms with van der Waals surface area (Å²) in [6.45, 7) is 5.35. The average molecular weight is 233 g/mol. The van der Waals surface area contributed by atoms with E-state index in [1.807, 2.05) is 0 Å². The molecule has 0 heterocycles. The minimum absolute atomic E-state index is 0.109. The van der Waals surface area contributed by atoms with Crippen LogP contribution < -0.4 is 5.32 Å². The van der Waals surface area contributed by atoms with Crippen LogP contribution in [-0.2, 0) is 14.3 Å². The molecule has 2 N–H and O–H groups in total. The highest BCUT2D eigenvalue weighted by Crippen LogP contribution is 2.06. The maximum atomic E-state index is 11.2. The number of rotatable bonds is 5. The molecule has 0 fully saturated rings. The van der Waals surface area contributed by atoms with E-state index in [9.17, 15) is 9.59 Å².